The third-order valence-corrected chi connectivity index (χ3v) is 5.25. The van der Waals surface area contributed by atoms with Crippen LogP contribution in [0.2, 0.25) is 0 Å². The van der Waals surface area contributed by atoms with Crippen LogP contribution >= 0.6 is 0 Å². The minimum Gasteiger partial charge on any atom is -0.328 e. The van der Waals surface area contributed by atoms with Crippen LogP contribution in [-0.4, -0.2) is 25.7 Å². The van der Waals surface area contributed by atoms with E-state index in [9.17, 15) is 9.18 Å². The number of aromatic nitrogens is 4. The number of halogens is 1. The summed E-state index contributed by atoms with van der Waals surface area (Å²) in [5.41, 5.74) is 3.41. The zero-order valence-electron chi connectivity index (χ0n) is 17.2. The van der Waals surface area contributed by atoms with Gasteiger partial charge in [-0.15, -0.1) is 5.10 Å². The van der Waals surface area contributed by atoms with Gasteiger partial charge in [0, 0.05) is 29.3 Å². The van der Waals surface area contributed by atoms with E-state index in [1.54, 1.807) is 29.2 Å². The molecule has 2 aromatic heterocycles. The van der Waals surface area contributed by atoms with Crippen LogP contribution < -0.4 is 10.6 Å². The molecule has 1 unspecified atom stereocenters. The third-order valence-electron chi connectivity index (χ3n) is 5.25. The minimum atomic E-state index is -0.514. The molecule has 0 bridgehead atoms. The van der Waals surface area contributed by atoms with Gasteiger partial charge in [-0.05, 0) is 61.0 Å². The van der Waals surface area contributed by atoms with E-state index in [2.05, 4.69) is 25.7 Å². The number of rotatable bonds is 4. The fourth-order valence-electron chi connectivity index (χ4n) is 3.74. The van der Waals surface area contributed by atoms with Gasteiger partial charge >= 0.3 is 0 Å². The van der Waals surface area contributed by atoms with Crippen molar-refractivity contribution in [2.45, 2.75) is 13.0 Å². The van der Waals surface area contributed by atoms with Crippen molar-refractivity contribution in [3.05, 3.63) is 102 Å². The topological polar surface area (TPSA) is 84.7 Å². The smallest absolute Gasteiger partial charge is 0.255 e. The summed E-state index contributed by atoms with van der Waals surface area (Å²) in [6, 6.07) is 18.4. The predicted octanol–water partition coefficient (Wildman–Crippen LogP) is 4.41. The Morgan fingerprint density at radius 1 is 1.03 bits per heavy atom. The van der Waals surface area contributed by atoms with Crippen LogP contribution in [0.3, 0.4) is 0 Å². The summed E-state index contributed by atoms with van der Waals surface area (Å²) in [5.74, 6) is 0.361. The number of nitrogens with one attached hydrogen (secondary N) is 2. The van der Waals surface area contributed by atoms with Gasteiger partial charge in [0.25, 0.3) is 5.91 Å². The Labute approximate surface area is 183 Å². The monoisotopic (exact) mass is 426 g/mol. The Morgan fingerprint density at radius 3 is 2.47 bits per heavy atom. The summed E-state index contributed by atoms with van der Waals surface area (Å²) in [7, 11) is 0. The maximum absolute atomic E-state index is 13.4. The van der Waals surface area contributed by atoms with Crippen LogP contribution in [0.25, 0.3) is 11.4 Å². The highest BCUT2D eigenvalue weighted by molar-refractivity contribution is 6.06. The van der Waals surface area contributed by atoms with Crippen molar-refractivity contribution in [2.24, 2.45) is 0 Å². The fourth-order valence-corrected chi connectivity index (χ4v) is 3.74. The number of pyridine rings is 1. The summed E-state index contributed by atoms with van der Waals surface area (Å²) in [5, 5.41) is 10.8. The lowest BCUT2D eigenvalue weighted by molar-refractivity contribution is -0.113. The van der Waals surface area contributed by atoms with Gasteiger partial charge in [0.2, 0.25) is 5.95 Å². The molecule has 32 heavy (non-hydrogen) atoms. The Balaban J connectivity index is 1.59. The van der Waals surface area contributed by atoms with E-state index in [4.69, 9.17) is 0 Å². The fraction of sp³-hybridized carbons (Fsp3) is 0.0833. The van der Waals surface area contributed by atoms with Gasteiger partial charge < -0.3 is 10.6 Å². The Morgan fingerprint density at radius 2 is 1.75 bits per heavy atom. The molecule has 0 spiro atoms. The van der Waals surface area contributed by atoms with Gasteiger partial charge in [0.05, 0.1) is 5.57 Å². The van der Waals surface area contributed by atoms with Gasteiger partial charge in [-0.1, -0.05) is 18.2 Å². The zero-order chi connectivity index (χ0) is 22.1. The van der Waals surface area contributed by atoms with Gasteiger partial charge in [-0.2, -0.15) is 4.98 Å². The lowest BCUT2D eigenvalue weighted by Crippen LogP contribution is -2.31. The summed E-state index contributed by atoms with van der Waals surface area (Å²) in [4.78, 5) is 22.1. The molecule has 3 heterocycles. The van der Waals surface area contributed by atoms with E-state index in [0.717, 1.165) is 5.56 Å². The highest BCUT2D eigenvalue weighted by atomic mass is 19.1. The zero-order valence-corrected chi connectivity index (χ0v) is 17.2. The molecule has 2 aromatic carbocycles. The first kappa shape index (κ1) is 19.6. The number of para-hydroxylation sites is 1. The Kier molecular flexibility index (Phi) is 4.95. The Bertz CT molecular complexity index is 1300. The number of carbonyl (C=O) groups excluding carboxylic acids is 1. The maximum Gasteiger partial charge on any atom is 0.255 e. The molecule has 2 N–H and O–H groups in total. The van der Waals surface area contributed by atoms with Crippen molar-refractivity contribution in [3.8, 4) is 11.4 Å². The number of anilines is 2. The summed E-state index contributed by atoms with van der Waals surface area (Å²) in [6.07, 6.45) is 3.35. The van der Waals surface area contributed by atoms with E-state index in [0.29, 0.717) is 34.3 Å². The van der Waals surface area contributed by atoms with Crippen molar-refractivity contribution < 1.29 is 9.18 Å². The molecule has 1 aliphatic heterocycles. The molecule has 158 valence electrons. The second-order valence-corrected chi connectivity index (χ2v) is 7.38. The lowest BCUT2D eigenvalue weighted by atomic mass is 9.96. The van der Waals surface area contributed by atoms with Gasteiger partial charge in [0.15, 0.2) is 5.82 Å². The third kappa shape index (κ3) is 3.62. The van der Waals surface area contributed by atoms with Crippen LogP contribution in [-0.2, 0) is 4.79 Å². The second-order valence-electron chi connectivity index (χ2n) is 7.38. The molecular weight excluding hydrogens is 407 g/mol. The summed E-state index contributed by atoms with van der Waals surface area (Å²) >= 11 is 0. The minimum absolute atomic E-state index is 0.243. The van der Waals surface area contributed by atoms with Crippen molar-refractivity contribution in [3.63, 3.8) is 0 Å². The van der Waals surface area contributed by atoms with Crippen LogP contribution in [0.1, 0.15) is 18.5 Å². The molecule has 4 aromatic rings. The molecule has 0 fully saturated rings. The number of nitrogens with zero attached hydrogens (tertiary/aromatic N) is 4. The standard InChI is InChI=1S/C24H19FN6O/c1-15-20(23(32)28-19-5-3-2-4-6-19)21(16-11-13-26-14-12-16)31-24(27-15)29-22(30-31)17-7-9-18(25)10-8-17/h2-14,21H,1H3,(H,28,32)(H,27,29,30). The Hall–Kier alpha value is -4.33. The number of benzene rings is 2. The summed E-state index contributed by atoms with van der Waals surface area (Å²) < 4.78 is 15.0. The highest BCUT2D eigenvalue weighted by Crippen LogP contribution is 2.36. The first-order valence-electron chi connectivity index (χ1n) is 10.1. The number of allylic oxidation sites excluding steroid dienone is 1. The van der Waals surface area contributed by atoms with E-state index in [1.165, 1.54) is 12.1 Å². The first-order chi connectivity index (χ1) is 15.6. The van der Waals surface area contributed by atoms with Crippen molar-refractivity contribution in [2.75, 3.05) is 10.6 Å². The lowest BCUT2D eigenvalue weighted by Gasteiger charge is -2.28. The van der Waals surface area contributed by atoms with E-state index >= 15 is 0 Å². The van der Waals surface area contributed by atoms with Crippen LogP contribution in [0.4, 0.5) is 16.0 Å². The van der Waals surface area contributed by atoms with Crippen molar-refractivity contribution in [1.82, 2.24) is 19.7 Å². The SMILES string of the molecule is CC1=C(C(=O)Nc2ccccc2)C(c2ccncc2)n2nc(-c3ccc(F)cc3)nc2N1. The molecule has 5 rings (SSSR count). The molecule has 0 radical (unpaired) electrons. The number of hydrogen-bond acceptors (Lipinski definition) is 5. The average Bonchev–Trinajstić information content (AvgIpc) is 3.23. The first-order valence-corrected chi connectivity index (χ1v) is 10.1. The van der Waals surface area contributed by atoms with Gasteiger partial charge in [-0.25, -0.2) is 9.07 Å². The number of fused-ring (bicyclic) bond motifs is 1. The van der Waals surface area contributed by atoms with E-state index in [-0.39, 0.29) is 11.7 Å². The van der Waals surface area contributed by atoms with E-state index in [1.807, 2.05) is 49.4 Å². The molecular formula is C24H19FN6O. The van der Waals surface area contributed by atoms with E-state index < -0.39 is 6.04 Å². The van der Waals surface area contributed by atoms with Crippen molar-refractivity contribution >= 4 is 17.5 Å². The van der Waals surface area contributed by atoms with Crippen LogP contribution in [0, 0.1) is 5.82 Å². The molecule has 0 saturated carbocycles. The van der Waals surface area contributed by atoms with Gasteiger partial charge in [0.1, 0.15) is 11.9 Å². The number of carbonyl (C=O) groups is 1. The highest BCUT2D eigenvalue weighted by Gasteiger charge is 2.34. The number of amides is 1. The summed E-state index contributed by atoms with van der Waals surface area (Å²) in [6.45, 7) is 1.84. The average molecular weight is 426 g/mol. The van der Waals surface area contributed by atoms with Crippen molar-refractivity contribution in [1.29, 1.82) is 0 Å². The molecule has 1 aliphatic rings. The molecule has 1 amide bonds. The van der Waals surface area contributed by atoms with Crippen LogP contribution in [0.15, 0.2) is 90.4 Å². The second kappa shape index (κ2) is 8.07. The van der Waals surface area contributed by atoms with Crippen LogP contribution in [0.5, 0.6) is 0 Å². The molecule has 1 atom stereocenters. The molecule has 0 aliphatic carbocycles. The number of hydrogen-bond donors (Lipinski definition) is 2. The quantitative estimate of drug-likeness (QED) is 0.505. The maximum atomic E-state index is 13.4. The largest absolute Gasteiger partial charge is 0.328 e. The predicted molar refractivity (Wildman–Crippen MR) is 119 cm³/mol. The molecule has 0 saturated heterocycles. The molecule has 8 heteroatoms. The van der Waals surface area contributed by atoms with Gasteiger partial charge in [-0.3, -0.25) is 9.78 Å². The molecule has 7 nitrogen and oxygen atoms in total. The normalized spacial score (nSPS) is 15.1.